The second-order valence-electron chi connectivity index (χ2n) is 4.98. The molecule has 1 unspecified atom stereocenters. The molecule has 0 aliphatic heterocycles. The number of hydrogen-bond acceptors (Lipinski definition) is 3. The molecule has 0 radical (unpaired) electrons. The van der Waals surface area contributed by atoms with Gasteiger partial charge in [0, 0.05) is 18.7 Å². The first-order valence-electron chi connectivity index (χ1n) is 6.72. The van der Waals surface area contributed by atoms with Crippen molar-refractivity contribution in [3.05, 3.63) is 52.3 Å². The fourth-order valence-corrected chi connectivity index (χ4v) is 2.36. The Bertz CT molecular complexity index is 552. The highest BCUT2D eigenvalue weighted by Crippen LogP contribution is 2.20. The smallest absolute Gasteiger partial charge is 0.132 e. The number of rotatable bonds is 6. The SMILES string of the molecule is Cc1nn(Cc2ccccc2)c(Cl)c1CNCC(C)O. The van der Waals surface area contributed by atoms with Crippen molar-refractivity contribution in [1.29, 1.82) is 0 Å². The van der Waals surface area contributed by atoms with Crippen LogP contribution in [0, 0.1) is 6.92 Å². The molecular weight excluding hydrogens is 274 g/mol. The first-order chi connectivity index (χ1) is 9.58. The van der Waals surface area contributed by atoms with Gasteiger partial charge in [-0.05, 0) is 19.4 Å². The largest absolute Gasteiger partial charge is 0.392 e. The molecular formula is C15H20ClN3O. The van der Waals surface area contributed by atoms with Gasteiger partial charge in [-0.15, -0.1) is 0 Å². The van der Waals surface area contributed by atoms with E-state index in [1.54, 1.807) is 6.92 Å². The lowest BCUT2D eigenvalue weighted by Gasteiger charge is -2.07. The molecule has 1 aromatic carbocycles. The minimum Gasteiger partial charge on any atom is -0.392 e. The van der Waals surface area contributed by atoms with E-state index in [-0.39, 0.29) is 6.10 Å². The summed E-state index contributed by atoms with van der Waals surface area (Å²) in [5.74, 6) is 0. The molecule has 2 N–H and O–H groups in total. The summed E-state index contributed by atoms with van der Waals surface area (Å²) in [7, 11) is 0. The molecule has 0 fully saturated rings. The Kier molecular flexibility index (Phi) is 5.17. The summed E-state index contributed by atoms with van der Waals surface area (Å²) in [4.78, 5) is 0. The molecule has 108 valence electrons. The van der Waals surface area contributed by atoms with Crippen LogP contribution in [0.4, 0.5) is 0 Å². The van der Waals surface area contributed by atoms with Gasteiger partial charge in [0.15, 0.2) is 0 Å². The van der Waals surface area contributed by atoms with Crippen molar-refractivity contribution < 1.29 is 5.11 Å². The van der Waals surface area contributed by atoms with Gasteiger partial charge in [0.05, 0.1) is 18.3 Å². The number of aryl methyl sites for hydroxylation is 1. The van der Waals surface area contributed by atoms with Crippen LogP contribution >= 0.6 is 11.6 Å². The second kappa shape index (κ2) is 6.88. The second-order valence-corrected chi connectivity index (χ2v) is 5.34. The molecule has 1 aromatic heterocycles. The minimum absolute atomic E-state index is 0.367. The zero-order valence-corrected chi connectivity index (χ0v) is 12.6. The Morgan fingerprint density at radius 1 is 1.35 bits per heavy atom. The Labute approximate surface area is 124 Å². The number of aromatic nitrogens is 2. The van der Waals surface area contributed by atoms with Crippen LogP contribution in [0.5, 0.6) is 0 Å². The van der Waals surface area contributed by atoms with Gasteiger partial charge in [-0.2, -0.15) is 5.10 Å². The summed E-state index contributed by atoms with van der Waals surface area (Å²) < 4.78 is 1.81. The summed E-state index contributed by atoms with van der Waals surface area (Å²) in [6.07, 6.45) is -0.367. The molecule has 1 heterocycles. The number of aliphatic hydroxyl groups is 1. The third kappa shape index (κ3) is 3.82. The average molecular weight is 294 g/mol. The molecule has 0 saturated carbocycles. The maximum Gasteiger partial charge on any atom is 0.132 e. The van der Waals surface area contributed by atoms with Gasteiger partial charge in [0.25, 0.3) is 0 Å². The molecule has 2 aromatic rings. The number of benzene rings is 1. The average Bonchev–Trinajstić information content (AvgIpc) is 2.67. The predicted octanol–water partition coefficient (Wildman–Crippen LogP) is 2.36. The topological polar surface area (TPSA) is 50.1 Å². The summed E-state index contributed by atoms with van der Waals surface area (Å²) in [5, 5.41) is 17.6. The standard InChI is InChI=1S/C15H20ClN3O/c1-11(20)8-17-9-14-12(2)18-19(15(14)16)10-13-6-4-3-5-7-13/h3-7,11,17,20H,8-10H2,1-2H3. The third-order valence-corrected chi connectivity index (χ3v) is 3.52. The first kappa shape index (κ1) is 15.0. The van der Waals surface area contributed by atoms with Gasteiger partial charge in [-0.3, -0.25) is 0 Å². The normalized spacial score (nSPS) is 12.6. The molecule has 0 bridgehead atoms. The van der Waals surface area contributed by atoms with E-state index in [2.05, 4.69) is 22.5 Å². The summed E-state index contributed by atoms with van der Waals surface area (Å²) >= 11 is 6.39. The van der Waals surface area contributed by atoms with Crippen molar-refractivity contribution in [3.63, 3.8) is 0 Å². The zero-order chi connectivity index (χ0) is 14.5. The number of aliphatic hydroxyl groups excluding tert-OH is 1. The maximum absolute atomic E-state index is 9.25. The Morgan fingerprint density at radius 3 is 2.70 bits per heavy atom. The van der Waals surface area contributed by atoms with Crippen LogP contribution in [-0.4, -0.2) is 27.5 Å². The van der Waals surface area contributed by atoms with Gasteiger partial charge in [-0.1, -0.05) is 41.9 Å². The van der Waals surface area contributed by atoms with Gasteiger partial charge in [-0.25, -0.2) is 4.68 Å². The summed E-state index contributed by atoms with van der Waals surface area (Å²) in [6.45, 7) is 5.52. The van der Waals surface area contributed by atoms with Crippen LogP contribution < -0.4 is 5.32 Å². The monoisotopic (exact) mass is 293 g/mol. The van der Waals surface area contributed by atoms with Crippen LogP contribution in [0.2, 0.25) is 5.15 Å². The number of nitrogens with zero attached hydrogens (tertiary/aromatic N) is 2. The van der Waals surface area contributed by atoms with E-state index in [1.165, 1.54) is 5.56 Å². The fourth-order valence-electron chi connectivity index (χ4n) is 2.06. The molecule has 2 rings (SSSR count). The van der Waals surface area contributed by atoms with Crippen molar-refractivity contribution in [1.82, 2.24) is 15.1 Å². The first-order valence-corrected chi connectivity index (χ1v) is 7.10. The highest BCUT2D eigenvalue weighted by Gasteiger charge is 2.13. The fraction of sp³-hybridized carbons (Fsp3) is 0.400. The van der Waals surface area contributed by atoms with E-state index < -0.39 is 0 Å². The minimum atomic E-state index is -0.367. The molecule has 0 aliphatic carbocycles. The van der Waals surface area contributed by atoms with E-state index in [9.17, 15) is 5.11 Å². The van der Waals surface area contributed by atoms with E-state index in [1.807, 2.05) is 29.8 Å². The third-order valence-electron chi connectivity index (χ3n) is 3.10. The summed E-state index contributed by atoms with van der Waals surface area (Å²) in [6, 6.07) is 10.1. The quantitative estimate of drug-likeness (QED) is 0.860. The van der Waals surface area contributed by atoms with E-state index in [4.69, 9.17) is 11.6 Å². The maximum atomic E-state index is 9.25. The Balaban J connectivity index is 2.08. The van der Waals surface area contributed by atoms with Gasteiger partial charge in [0.2, 0.25) is 0 Å². The Hall–Kier alpha value is -1.36. The Morgan fingerprint density at radius 2 is 2.05 bits per heavy atom. The van der Waals surface area contributed by atoms with Crippen LogP contribution in [0.1, 0.15) is 23.7 Å². The molecule has 0 spiro atoms. The highest BCUT2D eigenvalue weighted by atomic mass is 35.5. The van der Waals surface area contributed by atoms with Crippen molar-refractivity contribution >= 4 is 11.6 Å². The van der Waals surface area contributed by atoms with Crippen molar-refractivity contribution in [2.45, 2.75) is 33.0 Å². The van der Waals surface area contributed by atoms with Gasteiger partial charge >= 0.3 is 0 Å². The molecule has 20 heavy (non-hydrogen) atoms. The van der Waals surface area contributed by atoms with Crippen LogP contribution in [0.15, 0.2) is 30.3 Å². The molecule has 1 atom stereocenters. The molecule has 0 aliphatic rings. The molecule has 4 nitrogen and oxygen atoms in total. The van der Waals surface area contributed by atoms with Gasteiger partial charge in [0.1, 0.15) is 5.15 Å². The number of halogens is 1. The lowest BCUT2D eigenvalue weighted by Crippen LogP contribution is -2.24. The van der Waals surface area contributed by atoms with Crippen LogP contribution in [0.3, 0.4) is 0 Å². The lowest BCUT2D eigenvalue weighted by molar-refractivity contribution is 0.191. The van der Waals surface area contributed by atoms with Crippen molar-refractivity contribution in [2.75, 3.05) is 6.54 Å². The highest BCUT2D eigenvalue weighted by molar-refractivity contribution is 6.30. The zero-order valence-electron chi connectivity index (χ0n) is 11.8. The van der Waals surface area contributed by atoms with E-state index in [0.717, 1.165) is 11.3 Å². The number of hydrogen-bond donors (Lipinski definition) is 2. The van der Waals surface area contributed by atoms with Gasteiger partial charge < -0.3 is 10.4 Å². The van der Waals surface area contributed by atoms with Crippen LogP contribution in [-0.2, 0) is 13.1 Å². The van der Waals surface area contributed by atoms with E-state index >= 15 is 0 Å². The van der Waals surface area contributed by atoms with Crippen molar-refractivity contribution in [3.8, 4) is 0 Å². The van der Waals surface area contributed by atoms with E-state index in [0.29, 0.717) is 24.8 Å². The predicted molar refractivity (Wildman–Crippen MR) is 80.9 cm³/mol. The van der Waals surface area contributed by atoms with Crippen LogP contribution in [0.25, 0.3) is 0 Å². The molecule has 5 heteroatoms. The van der Waals surface area contributed by atoms with Crippen molar-refractivity contribution in [2.24, 2.45) is 0 Å². The number of nitrogens with one attached hydrogen (secondary N) is 1. The molecule has 0 saturated heterocycles. The lowest BCUT2D eigenvalue weighted by atomic mass is 10.2. The summed E-state index contributed by atoms with van der Waals surface area (Å²) in [5.41, 5.74) is 3.08. The molecule has 0 amide bonds.